The Bertz CT molecular complexity index is 3340. The van der Waals surface area contributed by atoms with Gasteiger partial charge in [-0.2, -0.15) is 10.2 Å². The lowest BCUT2D eigenvalue weighted by Crippen LogP contribution is -2.39. The van der Waals surface area contributed by atoms with Crippen LogP contribution in [0.2, 0.25) is 0 Å². The van der Waals surface area contributed by atoms with Gasteiger partial charge in [-0.15, -0.1) is 0 Å². The van der Waals surface area contributed by atoms with Crippen LogP contribution in [0.3, 0.4) is 0 Å². The van der Waals surface area contributed by atoms with Crippen LogP contribution in [0, 0.1) is 25.6 Å². The van der Waals surface area contributed by atoms with E-state index in [0.29, 0.717) is 84.5 Å². The van der Waals surface area contributed by atoms with Gasteiger partial charge >= 0.3 is 11.4 Å². The Kier molecular flexibility index (Phi) is 9.74. The van der Waals surface area contributed by atoms with Crippen molar-refractivity contribution in [1.82, 2.24) is 48.3 Å². The molecule has 11 rings (SSSR count). The quantitative estimate of drug-likeness (QED) is 0.155. The molecule has 0 bridgehead atoms. The maximum atomic E-state index is 15.4. The van der Waals surface area contributed by atoms with E-state index in [2.05, 4.69) is 54.2 Å². The van der Waals surface area contributed by atoms with Crippen molar-refractivity contribution in [3.05, 3.63) is 140 Å². The summed E-state index contributed by atoms with van der Waals surface area (Å²) in [5.41, 5.74) is 5.55. The topological polar surface area (TPSA) is 165 Å². The highest BCUT2D eigenvalue weighted by atomic mass is 19.1. The van der Waals surface area contributed by atoms with Crippen molar-refractivity contribution in [3.63, 3.8) is 0 Å². The summed E-state index contributed by atoms with van der Waals surface area (Å²) in [5, 5.41) is 15.6. The van der Waals surface area contributed by atoms with Crippen LogP contribution in [0.4, 0.5) is 4.39 Å². The highest BCUT2D eigenvalue weighted by Gasteiger charge is 2.59. The van der Waals surface area contributed by atoms with Gasteiger partial charge in [0.05, 0.1) is 54.1 Å². The van der Waals surface area contributed by atoms with Gasteiger partial charge in [0.25, 0.3) is 5.91 Å². The molecule has 0 spiro atoms. The number of aromatic amines is 1. The second kappa shape index (κ2) is 15.4. The van der Waals surface area contributed by atoms with Crippen molar-refractivity contribution in [2.24, 2.45) is 5.92 Å². The van der Waals surface area contributed by atoms with Crippen LogP contribution >= 0.6 is 0 Å². The first-order valence-electron chi connectivity index (χ1n) is 22.5. The van der Waals surface area contributed by atoms with Crippen LogP contribution in [0.5, 0.6) is 0 Å². The number of aryl methyl sites for hydroxylation is 2. The van der Waals surface area contributed by atoms with Gasteiger partial charge in [0, 0.05) is 60.9 Å². The fraction of sp³-hybridized carbons (Fsp3) is 0.388. The van der Waals surface area contributed by atoms with Gasteiger partial charge in [-0.05, 0) is 124 Å². The number of halogens is 1. The molecule has 3 aromatic carbocycles. The maximum Gasteiger partial charge on any atom is 0.438 e. The molecule has 7 heterocycles. The minimum absolute atomic E-state index is 0.0280. The Morgan fingerprint density at radius 1 is 0.970 bits per heavy atom. The lowest BCUT2D eigenvalue weighted by atomic mass is 9.83. The van der Waals surface area contributed by atoms with Crippen molar-refractivity contribution in [2.75, 3.05) is 26.9 Å². The van der Waals surface area contributed by atoms with Crippen molar-refractivity contribution in [3.8, 4) is 17.2 Å². The Morgan fingerprint density at radius 2 is 1.74 bits per heavy atom. The molecule has 16 nitrogen and oxygen atoms in total. The fourth-order valence-electron chi connectivity index (χ4n) is 10.6. The smallest absolute Gasteiger partial charge is 0.383 e. The molecular formula is C49H51FN10O6. The van der Waals surface area contributed by atoms with E-state index in [1.165, 1.54) is 5.56 Å². The number of rotatable bonds is 10. The number of aromatic nitrogens is 9. The van der Waals surface area contributed by atoms with E-state index < -0.39 is 11.3 Å². The molecule has 2 aliphatic heterocycles. The monoisotopic (exact) mass is 894 g/mol. The van der Waals surface area contributed by atoms with Crippen LogP contribution < -0.4 is 11.4 Å². The fourth-order valence-corrected chi connectivity index (χ4v) is 10.6. The van der Waals surface area contributed by atoms with Gasteiger partial charge in [-0.1, -0.05) is 18.1 Å². The van der Waals surface area contributed by atoms with Gasteiger partial charge in [0.2, 0.25) is 0 Å². The third-order valence-electron chi connectivity index (χ3n) is 14.1. The van der Waals surface area contributed by atoms with Gasteiger partial charge in [0.15, 0.2) is 5.82 Å². The van der Waals surface area contributed by atoms with Crippen molar-refractivity contribution < 1.29 is 23.2 Å². The molecule has 3 aliphatic rings. The number of nitrogens with zero attached hydrogens (tertiary/aromatic N) is 9. The summed E-state index contributed by atoms with van der Waals surface area (Å²) < 4.78 is 40.2. The van der Waals surface area contributed by atoms with E-state index in [0.717, 1.165) is 40.3 Å². The molecule has 17 heteroatoms. The Hall–Kier alpha value is -6.85. The Balaban J connectivity index is 1.02. The number of methoxy groups -OCH3 is 1. The number of carbonyl (C=O) groups excluding carboxylic acids is 1. The molecule has 1 aliphatic carbocycles. The van der Waals surface area contributed by atoms with Crippen molar-refractivity contribution in [1.29, 1.82) is 0 Å². The molecule has 0 radical (unpaired) electrons. The number of hydrogen-bond donors (Lipinski definition) is 1. The predicted molar refractivity (Wildman–Crippen MR) is 243 cm³/mol. The first-order chi connectivity index (χ1) is 31.7. The zero-order valence-corrected chi connectivity index (χ0v) is 37.8. The van der Waals surface area contributed by atoms with E-state index in [1.807, 2.05) is 33.5 Å². The number of amides is 1. The lowest BCUT2D eigenvalue weighted by Gasteiger charge is -2.35. The SMILES string of the molecule is COCCn1ncc2cc(-n3ccn(-c4c5c(nn4-c4cc(C)c(F)c(C)c4)CCN(C(=O)c4cc6cc(C7CCOC(C)(C)C7)ccc6n4[C@@]4(c6noc(=O)[nH]6)C[C@@H]4C)C5)c3=O)ccc21. The van der Waals surface area contributed by atoms with Gasteiger partial charge < -0.3 is 18.9 Å². The first kappa shape index (κ1) is 41.8. The van der Waals surface area contributed by atoms with E-state index >= 15 is 9.18 Å². The highest BCUT2D eigenvalue weighted by molar-refractivity contribution is 5.99. The molecule has 1 N–H and O–H groups in total. The summed E-state index contributed by atoms with van der Waals surface area (Å²) in [6.07, 6.45) is 8.00. The molecule has 1 amide bonds. The molecule has 1 saturated carbocycles. The molecule has 1 saturated heterocycles. The zero-order valence-electron chi connectivity index (χ0n) is 37.8. The minimum Gasteiger partial charge on any atom is -0.383 e. The zero-order chi connectivity index (χ0) is 45.8. The summed E-state index contributed by atoms with van der Waals surface area (Å²) >= 11 is 0. The standard InChI is InChI=1S/C49H51FN10O6/c1-28-19-36(20-29(2)42(28)50)60-43(57-15-14-56(47(57)63)35-8-10-39-34(22-35)26-51-58(39)16-18-64-6)37-27-55(13-11-38(37)53-60)44(61)41-23-33-21-31(32-12-17-65-48(4,5)25-32)7-9-40(33)59(41)49(24-30(49)3)45-52-46(62)66-54-45/h7-10,14-15,19-23,26,30,32H,11-13,16-18,24-25,27H2,1-6H3,(H,52,54,62)/t30-,32?,49-/m0/s1. The second-order valence-electron chi connectivity index (χ2n) is 18.9. The molecule has 3 atom stereocenters. The number of H-pyrrole nitrogens is 1. The Labute approximate surface area is 378 Å². The normalized spacial score (nSPS) is 20.4. The summed E-state index contributed by atoms with van der Waals surface area (Å²) in [6, 6.07) is 17.6. The van der Waals surface area contributed by atoms with Crippen LogP contribution in [-0.4, -0.2) is 86.7 Å². The van der Waals surface area contributed by atoms with Crippen LogP contribution in [0.1, 0.15) is 90.2 Å². The van der Waals surface area contributed by atoms with E-state index in [-0.39, 0.29) is 41.4 Å². The van der Waals surface area contributed by atoms with E-state index in [1.54, 1.807) is 70.4 Å². The van der Waals surface area contributed by atoms with E-state index in [4.69, 9.17) is 19.1 Å². The van der Waals surface area contributed by atoms with Gasteiger partial charge in [0.1, 0.15) is 22.9 Å². The minimum atomic E-state index is -0.821. The molecule has 2 fully saturated rings. The number of nitrogens with one attached hydrogen (secondary N) is 1. The second-order valence-corrected chi connectivity index (χ2v) is 18.9. The average molecular weight is 895 g/mol. The number of imidazole rings is 1. The third-order valence-corrected chi connectivity index (χ3v) is 14.1. The molecule has 340 valence electrons. The third kappa shape index (κ3) is 6.69. The van der Waals surface area contributed by atoms with Gasteiger partial charge in [-0.3, -0.25) is 28.1 Å². The van der Waals surface area contributed by atoms with Crippen LogP contribution in [0.25, 0.3) is 39.0 Å². The van der Waals surface area contributed by atoms with Crippen molar-refractivity contribution in [2.45, 2.75) is 90.4 Å². The lowest BCUT2D eigenvalue weighted by molar-refractivity contribution is -0.0592. The number of hydrogen-bond acceptors (Lipinski definition) is 9. The molecule has 8 aromatic rings. The van der Waals surface area contributed by atoms with E-state index in [9.17, 15) is 9.59 Å². The molecular weight excluding hydrogens is 844 g/mol. The van der Waals surface area contributed by atoms with Crippen molar-refractivity contribution >= 4 is 27.7 Å². The average Bonchev–Trinajstić information content (AvgIpc) is 3.94. The molecule has 66 heavy (non-hydrogen) atoms. The number of carbonyl (C=O) groups is 1. The molecule has 1 unspecified atom stereocenters. The first-order valence-corrected chi connectivity index (χ1v) is 22.5. The van der Waals surface area contributed by atoms with Crippen LogP contribution in [-0.2, 0) is 34.5 Å². The summed E-state index contributed by atoms with van der Waals surface area (Å²) in [4.78, 5) is 47.1. The van der Waals surface area contributed by atoms with Crippen LogP contribution in [0.15, 0.2) is 87.3 Å². The summed E-state index contributed by atoms with van der Waals surface area (Å²) in [7, 11) is 1.65. The largest absolute Gasteiger partial charge is 0.438 e. The number of ether oxygens (including phenoxy) is 2. The van der Waals surface area contributed by atoms with Gasteiger partial charge in [-0.25, -0.2) is 18.7 Å². The highest BCUT2D eigenvalue weighted by Crippen LogP contribution is 2.56. The maximum absolute atomic E-state index is 15.4. The molecule has 5 aromatic heterocycles. The predicted octanol–water partition coefficient (Wildman–Crippen LogP) is 6.85. The summed E-state index contributed by atoms with van der Waals surface area (Å²) in [5.74, 6) is -0.0324. The Morgan fingerprint density at radius 3 is 2.47 bits per heavy atom. The number of benzene rings is 3. The summed E-state index contributed by atoms with van der Waals surface area (Å²) in [6.45, 7) is 12.0. The number of fused-ring (bicyclic) bond motifs is 3.